The van der Waals surface area contributed by atoms with E-state index in [1.54, 1.807) is 11.3 Å². The van der Waals surface area contributed by atoms with Crippen molar-refractivity contribution in [3.63, 3.8) is 0 Å². The number of nitrogens with zero attached hydrogens (tertiary/aromatic N) is 2. The third kappa shape index (κ3) is 2.69. The van der Waals surface area contributed by atoms with E-state index in [1.807, 2.05) is 6.20 Å². The fourth-order valence-corrected chi connectivity index (χ4v) is 3.34. The second-order valence-electron chi connectivity index (χ2n) is 4.96. The maximum atomic E-state index is 4.80. The highest BCUT2D eigenvalue weighted by Crippen LogP contribution is 2.29. The second kappa shape index (κ2) is 5.80. The van der Waals surface area contributed by atoms with E-state index in [0.29, 0.717) is 6.04 Å². The first-order valence-electron chi connectivity index (χ1n) is 7.00. The summed E-state index contributed by atoms with van der Waals surface area (Å²) in [5.41, 5.74) is 3.68. The second-order valence-corrected chi connectivity index (χ2v) is 5.74. The molecule has 0 bridgehead atoms. The molecule has 1 aliphatic rings. The van der Waals surface area contributed by atoms with E-state index < -0.39 is 0 Å². The van der Waals surface area contributed by atoms with Crippen LogP contribution in [0.4, 0.5) is 0 Å². The Morgan fingerprint density at radius 1 is 1.42 bits per heavy atom. The van der Waals surface area contributed by atoms with Gasteiger partial charge in [0.25, 0.3) is 0 Å². The van der Waals surface area contributed by atoms with Gasteiger partial charge < -0.3 is 5.32 Å². The van der Waals surface area contributed by atoms with Crippen LogP contribution in [0.5, 0.6) is 0 Å². The molecule has 0 saturated heterocycles. The van der Waals surface area contributed by atoms with Crippen LogP contribution in [0.1, 0.15) is 43.5 Å². The van der Waals surface area contributed by atoms with Gasteiger partial charge >= 0.3 is 0 Å². The first kappa shape index (κ1) is 12.8. The molecule has 0 fully saturated rings. The molecule has 1 N–H and O–H groups in total. The van der Waals surface area contributed by atoms with Crippen molar-refractivity contribution in [2.75, 3.05) is 6.54 Å². The summed E-state index contributed by atoms with van der Waals surface area (Å²) in [5.74, 6) is 0.872. The molecule has 1 atom stereocenters. The molecule has 0 aliphatic heterocycles. The van der Waals surface area contributed by atoms with Crippen LogP contribution < -0.4 is 5.32 Å². The summed E-state index contributed by atoms with van der Waals surface area (Å²) in [6.07, 6.45) is 6.81. The zero-order chi connectivity index (χ0) is 13.1. The standard InChI is InChI=1S/C15H19N3S/c1-2-16-13-5-3-4-6-14-12(13)9-17-15(18-14)11-7-8-19-10-11/h7-10,13,16H,2-6H2,1H3. The molecule has 3 rings (SSSR count). The number of aryl methyl sites for hydroxylation is 1. The van der Waals surface area contributed by atoms with Crippen molar-refractivity contribution in [3.05, 3.63) is 34.3 Å². The largest absolute Gasteiger partial charge is 0.310 e. The summed E-state index contributed by atoms with van der Waals surface area (Å²) in [5, 5.41) is 7.74. The Kier molecular flexibility index (Phi) is 3.89. The highest BCUT2D eigenvalue weighted by Gasteiger charge is 2.20. The van der Waals surface area contributed by atoms with E-state index in [9.17, 15) is 0 Å². The Morgan fingerprint density at radius 2 is 2.37 bits per heavy atom. The van der Waals surface area contributed by atoms with Gasteiger partial charge in [-0.1, -0.05) is 13.3 Å². The average Bonchev–Trinajstić information content (AvgIpc) is 2.89. The van der Waals surface area contributed by atoms with E-state index in [-0.39, 0.29) is 0 Å². The van der Waals surface area contributed by atoms with Gasteiger partial charge in [-0.15, -0.1) is 0 Å². The summed E-state index contributed by atoms with van der Waals surface area (Å²) < 4.78 is 0. The van der Waals surface area contributed by atoms with Crippen LogP contribution in [-0.2, 0) is 6.42 Å². The van der Waals surface area contributed by atoms with Crippen molar-refractivity contribution < 1.29 is 0 Å². The number of aromatic nitrogens is 2. The van der Waals surface area contributed by atoms with Crippen LogP contribution in [0.3, 0.4) is 0 Å². The van der Waals surface area contributed by atoms with Gasteiger partial charge in [-0.3, -0.25) is 0 Å². The van der Waals surface area contributed by atoms with Crippen molar-refractivity contribution in [2.45, 2.75) is 38.6 Å². The van der Waals surface area contributed by atoms with Crippen molar-refractivity contribution >= 4 is 11.3 Å². The molecule has 2 aromatic rings. The van der Waals surface area contributed by atoms with Gasteiger partial charge in [-0.05, 0) is 37.3 Å². The van der Waals surface area contributed by atoms with Crippen LogP contribution in [0, 0.1) is 0 Å². The molecule has 4 heteroatoms. The van der Waals surface area contributed by atoms with Crippen LogP contribution in [0.25, 0.3) is 11.4 Å². The Morgan fingerprint density at radius 3 is 3.16 bits per heavy atom. The van der Waals surface area contributed by atoms with Crippen LogP contribution in [0.2, 0.25) is 0 Å². The summed E-state index contributed by atoms with van der Waals surface area (Å²) in [6.45, 7) is 3.15. The molecule has 0 amide bonds. The van der Waals surface area contributed by atoms with Crippen LogP contribution >= 0.6 is 11.3 Å². The number of hydrogen-bond donors (Lipinski definition) is 1. The van der Waals surface area contributed by atoms with Gasteiger partial charge in [-0.2, -0.15) is 11.3 Å². The molecule has 0 saturated carbocycles. The monoisotopic (exact) mass is 273 g/mol. The lowest BCUT2D eigenvalue weighted by Gasteiger charge is -2.17. The number of thiophene rings is 1. The highest BCUT2D eigenvalue weighted by molar-refractivity contribution is 7.08. The van der Waals surface area contributed by atoms with E-state index in [2.05, 4.69) is 34.1 Å². The normalized spacial score (nSPS) is 18.9. The van der Waals surface area contributed by atoms with E-state index in [0.717, 1.165) is 24.4 Å². The Hall–Kier alpha value is -1.26. The minimum atomic E-state index is 0.430. The summed E-state index contributed by atoms with van der Waals surface area (Å²) >= 11 is 1.69. The zero-order valence-electron chi connectivity index (χ0n) is 11.2. The predicted octanol–water partition coefficient (Wildman–Crippen LogP) is 3.58. The lowest BCUT2D eigenvalue weighted by atomic mass is 10.0. The molecule has 3 nitrogen and oxygen atoms in total. The van der Waals surface area contributed by atoms with Crippen molar-refractivity contribution in [3.8, 4) is 11.4 Å². The topological polar surface area (TPSA) is 37.8 Å². The first-order chi connectivity index (χ1) is 9.38. The minimum Gasteiger partial charge on any atom is -0.310 e. The molecule has 100 valence electrons. The Balaban J connectivity index is 1.97. The zero-order valence-corrected chi connectivity index (χ0v) is 12.0. The molecular formula is C15H19N3S. The van der Waals surface area contributed by atoms with Gasteiger partial charge in [0.1, 0.15) is 0 Å². The van der Waals surface area contributed by atoms with Gasteiger partial charge in [0, 0.05) is 34.4 Å². The van der Waals surface area contributed by atoms with Gasteiger partial charge in [0.2, 0.25) is 0 Å². The molecule has 0 aromatic carbocycles. The SMILES string of the molecule is CCNC1CCCCc2nc(-c3ccsc3)ncc21. The molecule has 0 radical (unpaired) electrons. The molecule has 2 aromatic heterocycles. The smallest absolute Gasteiger partial charge is 0.160 e. The minimum absolute atomic E-state index is 0.430. The number of rotatable bonds is 3. The van der Waals surface area contributed by atoms with E-state index in [1.165, 1.54) is 30.5 Å². The summed E-state index contributed by atoms with van der Waals surface area (Å²) in [4.78, 5) is 9.37. The average molecular weight is 273 g/mol. The number of hydrogen-bond acceptors (Lipinski definition) is 4. The van der Waals surface area contributed by atoms with Gasteiger partial charge in [0.05, 0.1) is 0 Å². The van der Waals surface area contributed by atoms with E-state index >= 15 is 0 Å². The molecule has 19 heavy (non-hydrogen) atoms. The summed E-state index contributed by atoms with van der Waals surface area (Å²) in [7, 11) is 0. The number of fused-ring (bicyclic) bond motifs is 1. The number of nitrogens with one attached hydrogen (secondary N) is 1. The predicted molar refractivity (Wildman–Crippen MR) is 79.3 cm³/mol. The first-order valence-corrected chi connectivity index (χ1v) is 7.94. The Bertz CT molecular complexity index is 536. The lowest BCUT2D eigenvalue weighted by molar-refractivity contribution is 0.502. The Labute approximate surface area is 118 Å². The van der Waals surface area contributed by atoms with Gasteiger partial charge in [0.15, 0.2) is 5.82 Å². The quantitative estimate of drug-likeness (QED) is 0.869. The third-order valence-electron chi connectivity index (χ3n) is 3.66. The van der Waals surface area contributed by atoms with Crippen LogP contribution in [-0.4, -0.2) is 16.5 Å². The maximum absolute atomic E-state index is 4.80. The molecule has 2 heterocycles. The fraction of sp³-hybridized carbons (Fsp3) is 0.467. The highest BCUT2D eigenvalue weighted by atomic mass is 32.1. The van der Waals surface area contributed by atoms with Crippen LogP contribution in [0.15, 0.2) is 23.0 Å². The summed E-state index contributed by atoms with van der Waals surface area (Å²) in [6, 6.07) is 2.52. The third-order valence-corrected chi connectivity index (χ3v) is 4.34. The maximum Gasteiger partial charge on any atom is 0.160 e. The van der Waals surface area contributed by atoms with Gasteiger partial charge in [-0.25, -0.2) is 9.97 Å². The molecule has 1 unspecified atom stereocenters. The van der Waals surface area contributed by atoms with Crippen molar-refractivity contribution in [1.82, 2.24) is 15.3 Å². The van der Waals surface area contributed by atoms with Crippen molar-refractivity contribution in [1.29, 1.82) is 0 Å². The lowest BCUT2D eigenvalue weighted by Crippen LogP contribution is -2.21. The fourth-order valence-electron chi connectivity index (χ4n) is 2.70. The molecule has 1 aliphatic carbocycles. The molecule has 0 spiro atoms. The molecular weight excluding hydrogens is 254 g/mol. The van der Waals surface area contributed by atoms with Crippen molar-refractivity contribution in [2.24, 2.45) is 0 Å². The van der Waals surface area contributed by atoms with E-state index in [4.69, 9.17) is 4.98 Å².